The molecule has 16 heteroatoms. The van der Waals surface area contributed by atoms with E-state index in [9.17, 15) is 14.4 Å². The number of anilines is 7. The fourth-order valence-electron chi connectivity index (χ4n) is 11.9. The number of ether oxygens (including phenoxy) is 3. The maximum Gasteiger partial charge on any atom is 0.417 e. The molecule has 15 nitrogen and oxygen atoms in total. The molecule has 0 bridgehead atoms. The van der Waals surface area contributed by atoms with Crippen LogP contribution in [0.4, 0.5) is 44.6 Å². The van der Waals surface area contributed by atoms with Crippen molar-refractivity contribution in [3.05, 3.63) is 227 Å². The standard InChI is InChI=1S/C37H40N4O4.C36H39N5O2S/c1-26(2)44-35-10-5-4-9-33(35)40-21-19-39(20-22-40)25-28-7-6-8-30(23-28)36(42)41-18-17-29-13-14-31(24-34(29)41)38-37(43)45-32-15-11-27(3)12-16-32;1-26(2)43-34-14-7-6-13-32(34)40-21-19-39(20-22-40)25-27-9-8-10-29(23-27)35(42)41-18-17-28-15-16-31(24-33(28)41)38-36(44)37-30-11-4-3-5-12-30/h4-16,23-24,26H,17-22,25H2,1-3H3,(H,38,43);3-16,23-24,26H,17-22,25H2,1-2H3,(H2,37,38,44). The number of amides is 3. The third-order valence-electron chi connectivity index (χ3n) is 16.3. The first-order chi connectivity index (χ1) is 43.2. The van der Waals surface area contributed by atoms with Crippen LogP contribution in [0.25, 0.3) is 0 Å². The van der Waals surface area contributed by atoms with Crippen LogP contribution in [-0.4, -0.2) is 110 Å². The van der Waals surface area contributed by atoms with Crippen LogP contribution in [0.1, 0.15) is 76.2 Å². The van der Waals surface area contributed by atoms with Gasteiger partial charge in [0, 0.05) is 118 Å². The van der Waals surface area contributed by atoms with E-state index in [1.165, 1.54) is 5.56 Å². The smallest absolute Gasteiger partial charge is 0.417 e. The number of fused-ring (bicyclic) bond motifs is 2. The summed E-state index contributed by atoms with van der Waals surface area (Å²) in [5.74, 6) is 2.33. The second-order valence-corrected chi connectivity index (χ2v) is 24.0. The molecule has 3 amide bonds. The number of thiocarbonyl (C=S) groups is 1. The number of hydrogen-bond acceptors (Lipinski definition) is 11. The molecule has 0 unspecified atom stereocenters. The molecule has 2 saturated heterocycles. The molecule has 4 heterocycles. The summed E-state index contributed by atoms with van der Waals surface area (Å²) in [6.07, 6.45) is 1.30. The summed E-state index contributed by atoms with van der Waals surface area (Å²) in [6, 6.07) is 61.5. The van der Waals surface area contributed by atoms with E-state index in [-0.39, 0.29) is 24.0 Å². The number of carbonyl (C=O) groups excluding carboxylic acids is 3. The van der Waals surface area contributed by atoms with Gasteiger partial charge >= 0.3 is 6.09 Å². The number of para-hydroxylation sites is 5. The Morgan fingerprint density at radius 2 is 0.899 bits per heavy atom. The van der Waals surface area contributed by atoms with Crippen molar-refractivity contribution in [1.82, 2.24) is 9.80 Å². The third-order valence-corrected chi connectivity index (χ3v) is 16.5. The Labute approximate surface area is 528 Å². The number of aryl methyl sites for hydroxylation is 1. The molecule has 4 aliphatic rings. The second-order valence-electron chi connectivity index (χ2n) is 23.6. The van der Waals surface area contributed by atoms with E-state index in [1.807, 2.05) is 133 Å². The predicted molar refractivity (Wildman–Crippen MR) is 363 cm³/mol. The lowest BCUT2D eigenvalue weighted by Crippen LogP contribution is -2.46. The minimum atomic E-state index is -0.573. The van der Waals surface area contributed by atoms with Gasteiger partial charge in [-0.25, -0.2) is 4.79 Å². The van der Waals surface area contributed by atoms with Gasteiger partial charge in [-0.2, -0.15) is 0 Å². The van der Waals surface area contributed by atoms with Crippen molar-refractivity contribution in [3.63, 3.8) is 0 Å². The van der Waals surface area contributed by atoms with Crippen LogP contribution in [0.2, 0.25) is 0 Å². The molecule has 0 aliphatic carbocycles. The topological polar surface area (TPSA) is 134 Å². The first kappa shape index (κ1) is 61.4. The van der Waals surface area contributed by atoms with Crippen LogP contribution in [0.5, 0.6) is 17.2 Å². The van der Waals surface area contributed by atoms with Crippen LogP contribution < -0.4 is 49.8 Å². The minimum Gasteiger partial charge on any atom is -0.489 e. The molecule has 0 aromatic heterocycles. The van der Waals surface area contributed by atoms with Crippen molar-refractivity contribution in [3.8, 4) is 17.2 Å². The van der Waals surface area contributed by atoms with Crippen LogP contribution in [-0.2, 0) is 25.9 Å². The van der Waals surface area contributed by atoms with Crippen LogP contribution in [0.3, 0.4) is 0 Å². The zero-order valence-corrected chi connectivity index (χ0v) is 52.3. The van der Waals surface area contributed by atoms with Crippen molar-refractivity contribution in [2.24, 2.45) is 0 Å². The van der Waals surface area contributed by atoms with E-state index in [1.54, 1.807) is 17.0 Å². The number of piperazine rings is 2. The first-order valence-electron chi connectivity index (χ1n) is 31.0. The number of nitrogens with one attached hydrogen (secondary N) is 3. The van der Waals surface area contributed by atoms with Gasteiger partial charge in [0.15, 0.2) is 5.11 Å². The molecule has 12 rings (SSSR count). The molecule has 2 fully saturated rings. The molecular weight excluding hydrogens is 1130 g/mol. The molecule has 8 aromatic carbocycles. The quantitative estimate of drug-likeness (QED) is 0.0793. The second kappa shape index (κ2) is 28.7. The van der Waals surface area contributed by atoms with Gasteiger partial charge < -0.3 is 44.4 Å². The third kappa shape index (κ3) is 15.9. The summed E-state index contributed by atoms with van der Waals surface area (Å²) in [5, 5.41) is 9.78. The lowest BCUT2D eigenvalue weighted by atomic mass is 10.1. The van der Waals surface area contributed by atoms with Gasteiger partial charge in [-0.05, 0) is 179 Å². The highest BCUT2D eigenvalue weighted by molar-refractivity contribution is 7.80. The van der Waals surface area contributed by atoms with Gasteiger partial charge in [0.05, 0.1) is 23.6 Å². The lowest BCUT2D eigenvalue weighted by Gasteiger charge is -2.37. The average Bonchev–Trinajstić information content (AvgIpc) is 3.82. The zero-order chi connectivity index (χ0) is 61.8. The Balaban J connectivity index is 0.000000184. The fourth-order valence-corrected chi connectivity index (χ4v) is 12.1. The normalized spacial score (nSPS) is 14.8. The van der Waals surface area contributed by atoms with Gasteiger partial charge in [0.1, 0.15) is 17.2 Å². The first-order valence-corrected chi connectivity index (χ1v) is 31.4. The number of benzene rings is 8. The van der Waals surface area contributed by atoms with E-state index < -0.39 is 6.09 Å². The highest BCUT2D eigenvalue weighted by atomic mass is 32.1. The molecule has 0 saturated carbocycles. The summed E-state index contributed by atoms with van der Waals surface area (Å²) in [4.78, 5) is 53.4. The van der Waals surface area contributed by atoms with Crippen LogP contribution in [0.15, 0.2) is 188 Å². The Hall–Kier alpha value is -9.22. The maximum atomic E-state index is 13.8. The monoisotopic (exact) mass is 1210 g/mol. The highest BCUT2D eigenvalue weighted by Crippen LogP contribution is 2.36. The number of nitrogens with zero attached hydrogens (tertiary/aromatic N) is 6. The summed E-state index contributed by atoms with van der Waals surface area (Å²) < 4.78 is 17.5. The van der Waals surface area contributed by atoms with E-state index in [0.717, 1.165) is 146 Å². The van der Waals surface area contributed by atoms with E-state index >= 15 is 0 Å². The predicted octanol–water partition coefficient (Wildman–Crippen LogP) is 13.7. The largest absolute Gasteiger partial charge is 0.489 e. The van der Waals surface area contributed by atoms with Crippen molar-refractivity contribution in [1.29, 1.82) is 0 Å². The van der Waals surface area contributed by atoms with Gasteiger partial charge in [0.25, 0.3) is 11.8 Å². The van der Waals surface area contributed by atoms with Crippen molar-refractivity contribution in [2.45, 2.75) is 72.8 Å². The Morgan fingerprint density at radius 3 is 1.38 bits per heavy atom. The Kier molecular flexibility index (Phi) is 19.8. The Bertz CT molecular complexity index is 3770. The average molecular weight is 1210 g/mol. The molecular formula is C73H79N9O6S. The van der Waals surface area contributed by atoms with E-state index in [0.29, 0.717) is 40.8 Å². The lowest BCUT2D eigenvalue weighted by molar-refractivity contribution is 0.0981. The molecule has 3 N–H and O–H groups in total. The summed E-state index contributed by atoms with van der Waals surface area (Å²) >= 11 is 5.52. The van der Waals surface area contributed by atoms with E-state index in [4.69, 9.17) is 26.4 Å². The van der Waals surface area contributed by atoms with Gasteiger partial charge in [-0.15, -0.1) is 0 Å². The van der Waals surface area contributed by atoms with Crippen LogP contribution >= 0.6 is 12.2 Å². The number of carbonyl (C=O) groups is 3. The number of rotatable bonds is 16. The van der Waals surface area contributed by atoms with E-state index in [2.05, 4.69) is 118 Å². The zero-order valence-electron chi connectivity index (χ0n) is 51.5. The van der Waals surface area contributed by atoms with Gasteiger partial charge in [-0.3, -0.25) is 24.7 Å². The molecule has 458 valence electrons. The minimum absolute atomic E-state index is 0.0271. The number of hydrogen-bond donors (Lipinski definition) is 3. The molecule has 0 atom stereocenters. The molecule has 89 heavy (non-hydrogen) atoms. The van der Waals surface area contributed by atoms with Gasteiger partial charge in [-0.1, -0.05) is 96.6 Å². The van der Waals surface area contributed by atoms with Crippen molar-refractivity contribution < 1.29 is 28.6 Å². The van der Waals surface area contributed by atoms with Crippen molar-refractivity contribution in [2.75, 3.05) is 101 Å². The molecule has 0 radical (unpaired) electrons. The van der Waals surface area contributed by atoms with Crippen LogP contribution in [0, 0.1) is 6.92 Å². The summed E-state index contributed by atoms with van der Waals surface area (Å²) in [5.41, 5.74) is 13.4. The highest BCUT2D eigenvalue weighted by Gasteiger charge is 2.29. The van der Waals surface area contributed by atoms with Gasteiger partial charge in [0.2, 0.25) is 0 Å². The Morgan fingerprint density at radius 1 is 0.449 bits per heavy atom. The fraction of sp³-hybridized carbons (Fsp3) is 0.288. The molecule has 4 aliphatic heterocycles. The van der Waals surface area contributed by atoms with Crippen molar-refractivity contribution >= 4 is 75.0 Å². The summed E-state index contributed by atoms with van der Waals surface area (Å²) in [7, 11) is 0. The summed E-state index contributed by atoms with van der Waals surface area (Å²) in [6.45, 7) is 20.5. The SMILES string of the molecule is CC(C)Oc1ccccc1N1CCN(Cc2cccc(C(=O)N3CCc4ccc(NC(=S)Nc5ccccc5)cc43)c2)CC1.Cc1ccc(OC(=O)Nc2ccc3c(c2)N(C(=O)c2cccc(CN4CCN(c5ccccc5OC(C)C)CC4)c2)CC3)cc1. The maximum absolute atomic E-state index is 13.8. The molecule has 0 spiro atoms. The molecule has 8 aromatic rings.